The number of nitrogens with zero attached hydrogens (tertiary/aromatic N) is 3. The van der Waals surface area contributed by atoms with E-state index in [0.717, 1.165) is 5.56 Å². The number of likely N-dealkylation sites (N-methyl/N-ethyl adjacent to an activating group) is 1. The Morgan fingerprint density at radius 2 is 1.76 bits per heavy atom. The topological polar surface area (TPSA) is 117 Å². The van der Waals surface area contributed by atoms with Gasteiger partial charge in [0.2, 0.25) is 17.7 Å². The summed E-state index contributed by atoms with van der Waals surface area (Å²) in [5, 5.41) is 10.3. The number of hydrogen-bond acceptors (Lipinski definition) is 7. The standard InChI is InChI=1S/C38H46BrN3O7/c1-6-8-19-29(44)40(5)25(4)32(27-17-13-10-14-18-27)48-37(47)30-31-35(45)42(24(3)23-43)34(38(31)21-28(39)33(30)49-38)36(46)41(20-7-2)22-26-15-11-9-12-16-26/h6-7,9-18,24-25,28,30-34,43H,1-2,8,19-23H2,3-5H3/t24-,25-,28?,30+,31-,32+,33+,34+,38-/m1/s1. The molecule has 11 heteroatoms. The number of halogens is 1. The van der Waals surface area contributed by atoms with Gasteiger partial charge in [0.25, 0.3) is 0 Å². The Morgan fingerprint density at radius 1 is 1.10 bits per heavy atom. The largest absolute Gasteiger partial charge is 0.455 e. The third kappa shape index (κ3) is 6.85. The van der Waals surface area contributed by atoms with E-state index in [0.29, 0.717) is 18.4 Å². The molecule has 3 aliphatic heterocycles. The van der Waals surface area contributed by atoms with Crippen molar-refractivity contribution in [2.24, 2.45) is 11.8 Å². The number of fused-ring (bicyclic) bond motifs is 1. The smallest absolute Gasteiger partial charge is 0.313 e. The zero-order valence-electron chi connectivity index (χ0n) is 28.3. The highest BCUT2D eigenvalue weighted by atomic mass is 79.9. The van der Waals surface area contributed by atoms with Crippen LogP contribution in [0.25, 0.3) is 0 Å². The number of benzene rings is 2. The summed E-state index contributed by atoms with van der Waals surface area (Å²) in [6, 6.07) is 16.4. The van der Waals surface area contributed by atoms with Crippen molar-refractivity contribution in [3.05, 3.63) is 97.1 Å². The minimum absolute atomic E-state index is 0.118. The number of carbonyl (C=O) groups excluding carboxylic acids is 4. The first-order chi connectivity index (χ1) is 23.5. The van der Waals surface area contributed by atoms with Crippen LogP contribution in [0.3, 0.4) is 0 Å². The fraction of sp³-hybridized carbons (Fsp3) is 0.474. The van der Waals surface area contributed by atoms with Gasteiger partial charge < -0.3 is 29.3 Å². The van der Waals surface area contributed by atoms with Crippen LogP contribution in [-0.2, 0) is 35.2 Å². The molecule has 10 nitrogen and oxygen atoms in total. The zero-order chi connectivity index (χ0) is 35.5. The van der Waals surface area contributed by atoms with E-state index in [1.807, 2.05) is 67.6 Å². The molecular formula is C38H46BrN3O7. The molecule has 2 aromatic rings. The summed E-state index contributed by atoms with van der Waals surface area (Å²) < 4.78 is 13.0. The van der Waals surface area contributed by atoms with Crippen LogP contribution in [0.15, 0.2) is 86.0 Å². The number of amides is 3. The lowest BCUT2D eigenvalue weighted by atomic mass is 9.70. The molecule has 0 aliphatic carbocycles. The lowest BCUT2D eigenvalue weighted by Crippen LogP contribution is -2.58. The molecule has 9 atom stereocenters. The number of allylic oxidation sites excluding steroid dienone is 1. The van der Waals surface area contributed by atoms with Crippen LogP contribution in [0.5, 0.6) is 0 Å². The fourth-order valence-electron chi connectivity index (χ4n) is 7.67. The monoisotopic (exact) mass is 735 g/mol. The second-order valence-corrected chi connectivity index (χ2v) is 14.5. The van der Waals surface area contributed by atoms with Gasteiger partial charge in [0.1, 0.15) is 17.7 Å². The van der Waals surface area contributed by atoms with E-state index in [1.165, 1.54) is 4.90 Å². The van der Waals surface area contributed by atoms with Crippen LogP contribution < -0.4 is 0 Å². The second kappa shape index (κ2) is 15.4. The molecule has 3 saturated heterocycles. The van der Waals surface area contributed by atoms with Crippen LogP contribution in [0.2, 0.25) is 0 Å². The average molecular weight is 737 g/mol. The van der Waals surface area contributed by atoms with Gasteiger partial charge in [-0.1, -0.05) is 88.7 Å². The van der Waals surface area contributed by atoms with Gasteiger partial charge in [-0.3, -0.25) is 19.2 Å². The summed E-state index contributed by atoms with van der Waals surface area (Å²) in [7, 11) is 1.68. The van der Waals surface area contributed by atoms with Crippen molar-refractivity contribution < 1.29 is 33.8 Å². The van der Waals surface area contributed by atoms with E-state index in [9.17, 15) is 24.3 Å². The van der Waals surface area contributed by atoms with Gasteiger partial charge in [-0.2, -0.15) is 0 Å². The van der Waals surface area contributed by atoms with Gasteiger partial charge in [-0.15, -0.1) is 13.2 Å². The summed E-state index contributed by atoms with van der Waals surface area (Å²) in [5.41, 5.74) is 0.271. The zero-order valence-corrected chi connectivity index (χ0v) is 29.9. The van der Waals surface area contributed by atoms with E-state index in [1.54, 1.807) is 35.9 Å². The number of alkyl halides is 1. The molecule has 1 N–H and O–H groups in total. The molecule has 0 saturated carbocycles. The van der Waals surface area contributed by atoms with E-state index in [4.69, 9.17) is 9.47 Å². The number of hydrogen-bond donors (Lipinski definition) is 1. The Balaban J connectivity index is 1.50. The Bertz CT molecular complexity index is 1540. The Morgan fingerprint density at radius 3 is 2.37 bits per heavy atom. The maximum atomic E-state index is 14.6. The van der Waals surface area contributed by atoms with Crippen LogP contribution in [0.1, 0.15) is 50.3 Å². The maximum Gasteiger partial charge on any atom is 0.313 e. The lowest BCUT2D eigenvalue weighted by molar-refractivity contribution is -0.165. The molecule has 3 aliphatic rings. The number of aliphatic hydroxyl groups excluding tert-OH is 1. The quantitative estimate of drug-likeness (QED) is 0.164. The highest BCUT2D eigenvalue weighted by molar-refractivity contribution is 9.09. The highest BCUT2D eigenvalue weighted by Crippen LogP contribution is 2.61. The van der Waals surface area contributed by atoms with E-state index >= 15 is 0 Å². The van der Waals surface area contributed by atoms with Gasteiger partial charge in [-0.25, -0.2) is 0 Å². The SMILES string of the molecule is C=CCCC(=O)N(C)[C@H](C)[C@H](OC(=O)[C@@H]1[C@H]2O[C@@]3(CC2Br)[C@H](C(=O)N(CC=C)Cc2ccccc2)N([C@H](C)CO)C(=O)[C@@H]13)c1ccccc1. The molecule has 2 bridgehead atoms. The van der Waals surface area contributed by atoms with E-state index in [-0.39, 0.29) is 42.8 Å². The predicted octanol–water partition coefficient (Wildman–Crippen LogP) is 4.43. The van der Waals surface area contributed by atoms with E-state index < -0.39 is 59.6 Å². The van der Waals surface area contributed by atoms with Gasteiger partial charge in [0, 0.05) is 31.4 Å². The number of rotatable bonds is 15. The molecule has 49 heavy (non-hydrogen) atoms. The number of esters is 1. The van der Waals surface area contributed by atoms with Crippen LogP contribution in [-0.4, -0.2) is 98.4 Å². The van der Waals surface area contributed by atoms with Crippen molar-refractivity contribution >= 4 is 39.6 Å². The highest BCUT2D eigenvalue weighted by Gasteiger charge is 2.77. The third-order valence-electron chi connectivity index (χ3n) is 10.2. The molecule has 262 valence electrons. The van der Waals surface area contributed by atoms with Crippen LogP contribution in [0.4, 0.5) is 0 Å². The molecule has 3 fully saturated rings. The third-order valence-corrected chi connectivity index (χ3v) is 11.1. The molecule has 0 radical (unpaired) electrons. The second-order valence-electron chi connectivity index (χ2n) is 13.3. The first kappa shape index (κ1) is 36.5. The number of likely N-dealkylation sites (tertiary alicyclic amines) is 1. The minimum Gasteiger partial charge on any atom is -0.455 e. The van der Waals surface area contributed by atoms with Crippen molar-refractivity contribution in [1.82, 2.24) is 14.7 Å². The summed E-state index contributed by atoms with van der Waals surface area (Å²) in [6.45, 7) is 11.2. The van der Waals surface area contributed by atoms with Gasteiger partial charge in [0.15, 0.2) is 0 Å². The van der Waals surface area contributed by atoms with Gasteiger partial charge in [-0.05, 0) is 37.8 Å². The normalized spacial score (nSPS) is 27.2. The minimum atomic E-state index is -1.33. The number of ether oxygens (including phenoxy) is 2. The molecule has 5 rings (SSSR count). The Labute approximate surface area is 296 Å². The Kier molecular flexibility index (Phi) is 11.5. The Hall–Kier alpha value is -3.80. The fourth-order valence-corrected chi connectivity index (χ4v) is 8.61. The molecule has 1 spiro atoms. The lowest BCUT2D eigenvalue weighted by Gasteiger charge is -2.38. The van der Waals surface area contributed by atoms with Crippen molar-refractivity contribution in [1.29, 1.82) is 0 Å². The van der Waals surface area contributed by atoms with Crippen molar-refractivity contribution in [3.8, 4) is 0 Å². The number of aliphatic hydroxyl groups is 1. The maximum absolute atomic E-state index is 14.6. The molecule has 3 heterocycles. The molecule has 2 aromatic carbocycles. The molecule has 0 aromatic heterocycles. The first-order valence-corrected chi connectivity index (χ1v) is 17.7. The van der Waals surface area contributed by atoms with E-state index in [2.05, 4.69) is 29.1 Å². The predicted molar refractivity (Wildman–Crippen MR) is 188 cm³/mol. The summed E-state index contributed by atoms with van der Waals surface area (Å²) >= 11 is 3.72. The summed E-state index contributed by atoms with van der Waals surface area (Å²) in [4.78, 5) is 60.9. The molecule has 1 unspecified atom stereocenters. The van der Waals surface area contributed by atoms with Gasteiger partial charge >= 0.3 is 5.97 Å². The number of carbonyl (C=O) groups is 4. The molecule has 3 amide bonds. The van der Waals surface area contributed by atoms with Crippen LogP contribution in [0, 0.1) is 11.8 Å². The van der Waals surface area contributed by atoms with Crippen LogP contribution >= 0.6 is 15.9 Å². The molecular weight excluding hydrogens is 690 g/mol. The first-order valence-electron chi connectivity index (χ1n) is 16.8. The van der Waals surface area contributed by atoms with Crippen molar-refractivity contribution in [2.75, 3.05) is 20.2 Å². The summed E-state index contributed by atoms with van der Waals surface area (Å²) in [6.07, 6.45) is 2.84. The average Bonchev–Trinajstić information content (AvgIpc) is 3.71. The van der Waals surface area contributed by atoms with Gasteiger partial charge in [0.05, 0.1) is 36.6 Å². The summed E-state index contributed by atoms with van der Waals surface area (Å²) in [5.74, 6) is -3.57. The van der Waals surface area contributed by atoms with Crippen molar-refractivity contribution in [3.63, 3.8) is 0 Å². The van der Waals surface area contributed by atoms with Crippen molar-refractivity contribution in [2.45, 2.75) is 80.4 Å².